The highest BCUT2D eigenvalue weighted by molar-refractivity contribution is 7.89. The second-order valence-corrected chi connectivity index (χ2v) is 6.76. The summed E-state index contributed by atoms with van der Waals surface area (Å²) in [6.45, 7) is 6.60. The molecule has 1 aromatic carbocycles. The van der Waals surface area contributed by atoms with Gasteiger partial charge in [0.2, 0.25) is 15.9 Å². The van der Waals surface area contributed by atoms with Crippen molar-refractivity contribution >= 4 is 15.9 Å². The van der Waals surface area contributed by atoms with E-state index in [9.17, 15) is 13.2 Å². The summed E-state index contributed by atoms with van der Waals surface area (Å²) in [6, 6.07) is 6.84. The van der Waals surface area contributed by atoms with E-state index in [1.54, 1.807) is 36.1 Å². The molecule has 1 N–H and O–H groups in total. The Bertz CT molecular complexity index is 570. The summed E-state index contributed by atoms with van der Waals surface area (Å²) in [5.74, 6) is -0.0291. The van der Waals surface area contributed by atoms with Crippen molar-refractivity contribution in [1.82, 2.24) is 9.62 Å². The van der Waals surface area contributed by atoms with Crippen molar-refractivity contribution in [2.45, 2.75) is 38.5 Å². The molecule has 118 valence electrons. The summed E-state index contributed by atoms with van der Waals surface area (Å²) in [6.07, 6.45) is 1.92. The molecule has 0 aliphatic rings. The van der Waals surface area contributed by atoms with Gasteiger partial charge in [0.25, 0.3) is 0 Å². The average Bonchev–Trinajstić information content (AvgIpc) is 2.42. The predicted octanol–water partition coefficient (Wildman–Crippen LogP) is 1.92. The third-order valence-corrected chi connectivity index (χ3v) is 4.91. The smallest absolute Gasteiger partial charge is 0.240 e. The molecule has 1 aromatic rings. The van der Waals surface area contributed by atoms with E-state index in [0.29, 0.717) is 18.7 Å². The summed E-state index contributed by atoms with van der Waals surface area (Å²) in [5, 5.41) is 0. The number of amides is 1. The van der Waals surface area contributed by atoms with Crippen molar-refractivity contribution in [3.05, 3.63) is 29.8 Å². The minimum atomic E-state index is -3.52. The summed E-state index contributed by atoms with van der Waals surface area (Å²) in [5.41, 5.74) is 0.708. The number of nitrogens with zero attached hydrogens (tertiary/aromatic N) is 1. The van der Waals surface area contributed by atoms with Crippen LogP contribution in [0.3, 0.4) is 0 Å². The third-order valence-electron chi connectivity index (χ3n) is 3.28. The molecule has 0 aromatic heterocycles. The van der Waals surface area contributed by atoms with E-state index in [4.69, 9.17) is 0 Å². The largest absolute Gasteiger partial charge is 0.342 e. The highest BCUT2D eigenvalue weighted by Gasteiger charge is 2.16. The maximum atomic E-state index is 12.2. The molecule has 5 nitrogen and oxygen atoms in total. The molecule has 0 spiro atoms. The molecule has 6 heteroatoms. The number of benzene rings is 1. The zero-order valence-corrected chi connectivity index (χ0v) is 13.7. The number of carbonyl (C=O) groups excluding carboxylic acids is 1. The Morgan fingerprint density at radius 2 is 1.90 bits per heavy atom. The zero-order valence-electron chi connectivity index (χ0n) is 12.9. The Morgan fingerprint density at radius 1 is 1.24 bits per heavy atom. The van der Waals surface area contributed by atoms with Gasteiger partial charge in [-0.15, -0.1) is 0 Å². The SMILES string of the molecule is CCCCN(CCNS(=O)(=O)c1ccccc1C)C(C)=O. The van der Waals surface area contributed by atoms with E-state index in [1.807, 2.05) is 0 Å². The maximum Gasteiger partial charge on any atom is 0.240 e. The van der Waals surface area contributed by atoms with Gasteiger partial charge in [0.05, 0.1) is 4.90 Å². The molecule has 0 aliphatic carbocycles. The highest BCUT2D eigenvalue weighted by atomic mass is 32.2. The Kier molecular flexibility index (Phi) is 6.84. The van der Waals surface area contributed by atoms with E-state index in [1.165, 1.54) is 6.92 Å². The van der Waals surface area contributed by atoms with Crippen LogP contribution in [0.4, 0.5) is 0 Å². The number of unbranched alkanes of at least 4 members (excludes halogenated alkanes) is 1. The van der Waals surface area contributed by atoms with Gasteiger partial charge in [-0.25, -0.2) is 13.1 Å². The van der Waals surface area contributed by atoms with E-state index in [-0.39, 0.29) is 17.3 Å². The van der Waals surface area contributed by atoms with Crippen LogP contribution in [-0.2, 0) is 14.8 Å². The van der Waals surface area contributed by atoms with Crippen molar-refractivity contribution in [3.8, 4) is 0 Å². The maximum absolute atomic E-state index is 12.2. The fourth-order valence-corrected chi connectivity index (χ4v) is 3.29. The molecule has 0 radical (unpaired) electrons. The fraction of sp³-hybridized carbons (Fsp3) is 0.533. The van der Waals surface area contributed by atoms with Crippen LogP contribution in [0.15, 0.2) is 29.2 Å². The van der Waals surface area contributed by atoms with Crippen LogP contribution < -0.4 is 4.72 Å². The van der Waals surface area contributed by atoms with Crippen molar-refractivity contribution in [3.63, 3.8) is 0 Å². The van der Waals surface area contributed by atoms with Crippen molar-refractivity contribution < 1.29 is 13.2 Å². The van der Waals surface area contributed by atoms with E-state index < -0.39 is 10.0 Å². The van der Waals surface area contributed by atoms with E-state index in [0.717, 1.165) is 12.8 Å². The van der Waals surface area contributed by atoms with Gasteiger partial charge in [-0.1, -0.05) is 31.5 Å². The van der Waals surface area contributed by atoms with Gasteiger partial charge in [0.1, 0.15) is 0 Å². The summed E-state index contributed by atoms with van der Waals surface area (Å²) < 4.78 is 27.0. The zero-order chi connectivity index (χ0) is 15.9. The van der Waals surface area contributed by atoms with Crippen molar-refractivity contribution in [1.29, 1.82) is 0 Å². The molecule has 1 amide bonds. The van der Waals surface area contributed by atoms with Crippen molar-refractivity contribution in [2.75, 3.05) is 19.6 Å². The normalized spacial score (nSPS) is 11.4. The lowest BCUT2D eigenvalue weighted by atomic mass is 10.2. The first-order valence-electron chi connectivity index (χ1n) is 7.19. The quantitative estimate of drug-likeness (QED) is 0.797. The lowest BCUT2D eigenvalue weighted by Gasteiger charge is -2.21. The average molecular weight is 312 g/mol. The van der Waals surface area contributed by atoms with Crippen LogP contribution in [-0.4, -0.2) is 38.9 Å². The first kappa shape index (κ1) is 17.7. The topological polar surface area (TPSA) is 66.5 Å². The minimum Gasteiger partial charge on any atom is -0.342 e. The molecule has 0 bridgehead atoms. The van der Waals surface area contributed by atoms with E-state index in [2.05, 4.69) is 11.6 Å². The highest BCUT2D eigenvalue weighted by Crippen LogP contribution is 2.13. The molecule has 0 atom stereocenters. The van der Waals surface area contributed by atoms with Crippen LogP contribution in [0.5, 0.6) is 0 Å². The lowest BCUT2D eigenvalue weighted by molar-refractivity contribution is -0.128. The summed E-state index contributed by atoms with van der Waals surface area (Å²) >= 11 is 0. The summed E-state index contributed by atoms with van der Waals surface area (Å²) in [7, 11) is -3.52. The van der Waals surface area contributed by atoms with Gasteiger partial charge in [-0.05, 0) is 25.0 Å². The Morgan fingerprint density at radius 3 is 2.48 bits per heavy atom. The number of rotatable bonds is 8. The predicted molar refractivity (Wildman–Crippen MR) is 83.5 cm³/mol. The van der Waals surface area contributed by atoms with Crippen LogP contribution in [0, 0.1) is 6.92 Å². The van der Waals surface area contributed by atoms with Crippen LogP contribution in [0.1, 0.15) is 32.3 Å². The molecule has 0 unspecified atom stereocenters. The first-order chi connectivity index (χ1) is 9.88. The number of nitrogens with one attached hydrogen (secondary N) is 1. The third kappa shape index (κ3) is 5.47. The second-order valence-electron chi connectivity index (χ2n) is 5.02. The molecule has 21 heavy (non-hydrogen) atoms. The molecule has 0 aliphatic heterocycles. The van der Waals surface area contributed by atoms with Gasteiger partial charge in [-0.3, -0.25) is 4.79 Å². The van der Waals surface area contributed by atoms with Crippen LogP contribution in [0.25, 0.3) is 0 Å². The molecule has 0 fully saturated rings. The van der Waals surface area contributed by atoms with Gasteiger partial charge in [-0.2, -0.15) is 0 Å². The Hall–Kier alpha value is -1.40. The molecule has 0 saturated carbocycles. The van der Waals surface area contributed by atoms with Crippen LogP contribution >= 0.6 is 0 Å². The van der Waals surface area contributed by atoms with Crippen LogP contribution in [0.2, 0.25) is 0 Å². The van der Waals surface area contributed by atoms with Gasteiger partial charge in [0.15, 0.2) is 0 Å². The van der Waals surface area contributed by atoms with Gasteiger partial charge in [0, 0.05) is 26.6 Å². The Balaban J connectivity index is 2.61. The van der Waals surface area contributed by atoms with Gasteiger partial charge >= 0.3 is 0 Å². The van der Waals surface area contributed by atoms with Gasteiger partial charge < -0.3 is 4.90 Å². The first-order valence-corrected chi connectivity index (χ1v) is 8.67. The molecular weight excluding hydrogens is 288 g/mol. The number of aryl methyl sites for hydroxylation is 1. The molecular formula is C15H24N2O3S. The monoisotopic (exact) mass is 312 g/mol. The van der Waals surface area contributed by atoms with E-state index >= 15 is 0 Å². The molecule has 1 rings (SSSR count). The molecule has 0 saturated heterocycles. The number of hydrogen-bond acceptors (Lipinski definition) is 3. The number of carbonyl (C=O) groups is 1. The fourth-order valence-electron chi connectivity index (χ4n) is 2.03. The number of sulfonamides is 1. The molecule has 0 heterocycles. The summed E-state index contributed by atoms with van der Waals surface area (Å²) in [4.78, 5) is 13.4. The minimum absolute atomic E-state index is 0.0291. The Labute approximate surface area is 127 Å². The number of hydrogen-bond donors (Lipinski definition) is 1. The second kappa shape index (κ2) is 8.14. The van der Waals surface area contributed by atoms with Crippen molar-refractivity contribution in [2.24, 2.45) is 0 Å². The standard InChI is InChI=1S/C15H24N2O3S/c1-4-5-11-17(14(3)18)12-10-16-21(19,20)15-9-7-6-8-13(15)2/h6-9,16H,4-5,10-12H2,1-3H3. The lowest BCUT2D eigenvalue weighted by Crippen LogP contribution is -2.38.